The Morgan fingerprint density at radius 2 is 1.96 bits per heavy atom. The van der Waals surface area contributed by atoms with Gasteiger partial charge in [-0.1, -0.05) is 30.3 Å². The third-order valence-corrected chi connectivity index (χ3v) is 4.79. The molecule has 122 valence electrons. The number of anilines is 1. The van der Waals surface area contributed by atoms with Crippen LogP contribution in [0.3, 0.4) is 0 Å². The van der Waals surface area contributed by atoms with E-state index in [-0.39, 0.29) is 24.2 Å². The molecule has 0 spiro atoms. The molecule has 2 aromatic carbocycles. The summed E-state index contributed by atoms with van der Waals surface area (Å²) in [6.45, 7) is 0.389. The first kappa shape index (κ1) is 14.9. The molecule has 2 aromatic rings. The molecule has 0 aromatic heterocycles. The third kappa shape index (κ3) is 2.37. The van der Waals surface area contributed by atoms with Crippen LogP contribution < -0.4 is 10.4 Å². The van der Waals surface area contributed by atoms with Crippen LogP contribution in [0.5, 0.6) is 0 Å². The third-order valence-electron chi connectivity index (χ3n) is 4.79. The van der Waals surface area contributed by atoms with Gasteiger partial charge in [0.1, 0.15) is 0 Å². The number of carbonyl (C=O) groups is 2. The molecule has 0 bridgehead atoms. The molecule has 1 atom stereocenters. The van der Waals surface area contributed by atoms with Gasteiger partial charge in [-0.2, -0.15) is 0 Å². The van der Waals surface area contributed by atoms with E-state index in [1.165, 1.54) is 29.4 Å². The average Bonchev–Trinajstić information content (AvgIpc) is 3.15. The van der Waals surface area contributed by atoms with Crippen LogP contribution in [-0.2, 0) is 20.8 Å². The summed E-state index contributed by atoms with van der Waals surface area (Å²) < 4.78 is 0. The van der Waals surface area contributed by atoms with Crippen molar-refractivity contribution in [3.8, 4) is 11.1 Å². The van der Waals surface area contributed by atoms with E-state index in [1.54, 1.807) is 4.90 Å². The largest absolute Gasteiger partial charge is 0.312 e. The van der Waals surface area contributed by atoms with Crippen molar-refractivity contribution in [2.24, 2.45) is 5.92 Å². The second-order valence-electron chi connectivity index (χ2n) is 6.25. The lowest BCUT2D eigenvalue weighted by atomic mass is 10.1. The van der Waals surface area contributed by atoms with Crippen molar-refractivity contribution < 1.29 is 14.4 Å². The quantitative estimate of drug-likeness (QED) is 0.753. The summed E-state index contributed by atoms with van der Waals surface area (Å²) in [5.41, 5.74) is 8.22. The zero-order chi connectivity index (χ0) is 16.7. The van der Waals surface area contributed by atoms with E-state index in [2.05, 4.69) is 40.6 Å². The molecule has 1 heterocycles. The Morgan fingerprint density at radius 1 is 1.17 bits per heavy atom. The SMILES string of the molecule is CONC(=O)[C@H]1CC(=O)N(c2ccc3c(c2)Cc2ccccc2-3)C1. The number of amides is 2. The fourth-order valence-corrected chi connectivity index (χ4v) is 3.62. The average molecular weight is 322 g/mol. The highest BCUT2D eigenvalue weighted by Gasteiger charge is 2.35. The molecule has 2 aliphatic rings. The van der Waals surface area contributed by atoms with Crippen molar-refractivity contribution in [2.75, 3.05) is 18.6 Å². The number of nitrogens with zero attached hydrogens (tertiary/aromatic N) is 1. The van der Waals surface area contributed by atoms with Gasteiger partial charge in [0.25, 0.3) is 0 Å². The maximum Gasteiger partial charge on any atom is 0.248 e. The van der Waals surface area contributed by atoms with Crippen LogP contribution >= 0.6 is 0 Å². The van der Waals surface area contributed by atoms with Gasteiger partial charge in [-0.3, -0.25) is 14.4 Å². The summed E-state index contributed by atoms with van der Waals surface area (Å²) in [7, 11) is 1.39. The number of nitrogens with one attached hydrogen (secondary N) is 1. The first-order valence-electron chi connectivity index (χ1n) is 8.02. The Morgan fingerprint density at radius 3 is 2.79 bits per heavy atom. The number of carbonyl (C=O) groups excluding carboxylic acids is 2. The van der Waals surface area contributed by atoms with Crippen molar-refractivity contribution in [2.45, 2.75) is 12.8 Å². The molecule has 2 amide bonds. The van der Waals surface area contributed by atoms with E-state index < -0.39 is 0 Å². The molecular formula is C19H18N2O3. The van der Waals surface area contributed by atoms with Gasteiger partial charge in [-0.25, -0.2) is 5.48 Å². The van der Waals surface area contributed by atoms with Gasteiger partial charge in [0.05, 0.1) is 13.0 Å². The normalized spacial score (nSPS) is 18.5. The second-order valence-corrected chi connectivity index (χ2v) is 6.25. The van der Waals surface area contributed by atoms with Gasteiger partial charge in [0, 0.05) is 18.7 Å². The van der Waals surface area contributed by atoms with Crippen molar-refractivity contribution in [1.82, 2.24) is 5.48 Å². The molecule has 5 heteroatoms. The Labute approximate surface area is 140 Å². The standard InChI is InChI=1S/C19H18N2O3/c1-24-20-19(23)14-10-18(22)21(11-14)15-6-7-17-13(9-15)8-12-4-2-3-5-16(12)17/h2-7,9,14H,8,10-11H2,1H3,(H,20,23)/t14-/m0/s1. The van der Waals surface area contributed by atoms with E-state index >= 15 is 0 Å². The molecule has 0 saturated carbocycles. The van der Waals surface area contributed by atoms with E-state index in [1.807, 2.05) is 12.1 Å². The monoisotopic (exact) mass is 322 g/mol. The molecular weight excluding hydrogens is 304 g/mol. The molecule has 24 heavy (non-hydrogen) atoms. The number of rotatable bonds is 3. The van der Waals surface area contributed by atoms with Gasteiger partial charge >= 0.3 is 0 Å². The highest BCUT2D eigenvalue weighted by Crippen LogP contribution is 2.39. The van der Waals surface area contributed by atoms with E-state index in [0.717, 1.165) is 12.1 Å². The first-order valence-corrected chi connectivity index (χ1v) is 8.02. The maximum absolute atomic E-state index is 12.3. The summed E-state index contributed by atoms with van der Waals surface area (Å²) >= 11 is 0. The van der Waals surface area contributed by atoms with Crippen molar-refractivity contribution in [3.63, 3.8) is 0 Å². The lowest BCUT2D eigenvalue weighted by molar-refractivity contribution is -0.135. The number of hydrogen-bond donors (Lipinski definition) is 1. The molecule has 1 saturated heterocycles. The number of benzene rings is 2. The minimum absolute atomic E-state index is 0.0262. The Kier molecular flexibility index (Phi) is 3.58. The van der Waals surface area contributed by atoms with Crippen molar-refractivity contribution in [3.05, 3.63) is 53.6 Å². The number of fused-ring (bicyclic) bond motifs is 3. The van der Waals surface area contributed by atoms with Gasteiger partial charge in [0.2, 0.25) is 11.8 Å². The molecule has 5 nitrogen and oxygen atoms in total. The summed E-state index contributed by atoms with van der Waals surface area (Å²) in [6, 6.07) is 14.5. The first-order chi connectivity index (χ1) is 11.7. The molecule has 4 rings (SSSR count). The minimum atomic E-state index is -0.372. The summed E-state index contributed by atoms with van der Waals surface area (Å²) in [5.74, 6) is -0.647. The van der Waals surface area contributed by atoms with E-state index in [0.29, 0.717) is 6.54 Å². The van der Waals surface area contributed by atoms with E-state index in [9.17, 15) is 9.59 Å². The molecule has 1 aliphatic carbocycles. The molecule has 1 N–H and O–H groups in total. The predicted octanol–water partition coefficient (Wildman–Crippen LogP) is 2.29. The van der Waals surface area contributed by atoms with Crippen LogP contribution in [0.1, 0.15) is 17.5 Å². The lowest BCUT2D eigenvalue weighted by Gasteiger charge is -2.18. The van der Waals surface area contributed by atoms with Gasteiger partial charge in [-0.15, -0.1) is 0 Å². The highest BCUT2D eigenvalue weighted by molar-refractivity contribution is 6.00. The summed E-state index contributed by atoms with van der Waals surface area (Å²) in [4.78, 5) is 30.6. The molecule has 0 unspecified atom stereocenters. The van der Waals surface area contributed by atoms with Gasteiger partial charge in [-0.05, 0) is 40.8 Å². The fourth-order valence-electron chi connectivity index (χ4n) is 3.62. The van der Waals surface area contributed by atoms with E-state index in [4.69, 9.17) is 0 Å². The zero-order valence-corrected chi connectivity index (χ0v) is 13.4. The number of hydroxylamine groups is 1. The van der Waals surface area contributed by atoms with Crippen LogP contribution in [-0.4, -0.2) is 25.5 Å². The zero-order valence-electron chi connectivity index (χ0n) is 13.4. The topological polar surface area (TPSA) is 58.6 Å². The van der Waals surface area contributed by atoms with Gasteiger partial charge < -0.3 is 4.90 Å². The fraction of sp³-hybridized carbons (Fsp3) is 0.263. The predicted molar refractivity (Wildman–Crippen MR) is 90.3 cm³/mol. The van der Waals surface area contributed by atoms with Crippen molar-refractivity contribution >= 4 is 17.5 Å². The summed E-state index contributed by atoms with van der Waals surface area (Å²) in [5, 5.41) is 0. The smallest absolute Gasteiger partial charge is 0.248 e. The van der Waals surface area contributed by atoms with Gasteiger partial charge in [0.15, 0.2) is 0 Å². The molecule has 1 aliphatic heterocycles. The van der Waals surface area contributed by atoms with Crippen LogP contribution in [0, 0.1) is 5.92 Å². The van der Waals surface area contributed by atoms with Crippen molar-refractivity contribution in [1.29, 1.82) is 0 Å². The van der Waals surface area contributed by atoms with Crippen LogP contribution in [0.2, 0.25) is 0 Å². The van der Waals surface area contributed by atoms with Crippen LogP contribution in [0.15, 0.2) is 42.5 Å². The second kappa shape index (κ2) is 5.76. The highest BCUT2D eigenvalue weighted by atomic mass is 16.6. The maximum atomic E-state index is 12.3. The van der Waals surface area contributed by atoms with Crippen LogP contribution in [0.25, 0.3) is 11.1 Å². The minimum Gasteiger partial charge on any atom is -0.312 e. The lowest BCUT2D eigenvalue weighted by Crippen LogP contribution is -2.32. The van der Waals surface area contributed by atoms with Crippen LogP contribution in [0.4, 0.5) is 5.69 Å². The summed E-state index contributed by atoms with van der Waals surface area (Å²) in [6.07, 6.45) is 1.10. The Bertz CT molecular complexity index is 831. The Hall–Kier alpha value is -2.66. The molecule has 1 fully saturated rings. The number of hydrogen-bond acceptors (Lipinski definition) is 3. The molecule has 0 radical (unpaired) electrons. The Balaban J connectivity index is 1.59.